The molecule has 21 heavy (non-hydrogen) atoms. The number of hydrogen-bond acceptors (Lipinski definition) is 2. The Balaban J connectivity index is 2.24. The van der Waals surface area contributed by atoms with E-state index in [1.807, 2.05) is 32.0 Å². The van der Waals surface area contributed by atoms with Crippen LogP contribution in [0.2, 0.25) is 0 Å². The summed E-state index contributed by atoms with van der Waals surface area (Å²) in [7, 11) is 0. The smallest absolute Gasteiger partial charge is 0.234 e. The third-order valence-corrected chi connectivity index (χ3v) is 4.97. The lowest BCUT2D eigenvalue weighted by Crippen LogP contribution is -2.27. The fraction of sp³-hybridized carbons (Fsp3) is 0.611. The van der Waals surface area contributed by atoms with Gasteiger partial charge in [0.05, 0.1) is 11.5 Å². The van der Waals surface area contributed by atoms with Crippen molar-refractivity contribution in [1.82, 2.24) is 0 Å². The molecule has 2 N–H and O–H groups in total. The molecule has 0 saturated carbocycles. The van der Waals surface area contributed by atoms with Gasteiger partial charge in [-0.1, -0.05) is 39.8 Å². The van der Waals surface area contributed by atoms with E-state index in [0.29, 0.717) is 5.92 Å². The van der Waals surface area contributed by atoms with E-state index >= 15 is 0 Å². The summed E-state index contributed by atoms with van der Waals surface area (Å²) in [6.07, 6.45) is 0.236. The average Bonchev–Trinajstić information content (AvgIpc) is 2.59. The molecule has 0 aromatic heterocycles. The van der Waals surface area contributed by atoms with Crippen LogP contribution < -0.4 is 5.32 Å². The van der Waals surface area contributed by atoms with Crippen LogP contribution in [-0.2, 0) is 10.2 Å². The van der Waals surface area contributed by atoms with Crippen LogP contribution >= 0.6 is 0 Å². The van der Waals surface area contributed by atoms with Gasteiger partial charge < -0.3 is 10.4 Å². The van der Waals surface area contributed by atoms with E-state index in [1.54, 1.807) is 0 Å². The van der Waals surface area contributed by atoms with Gasteiger partial charge >= 0.3 is 0 Å². The average molecular weight is 289 g/mol. The molecule has 116 valence electrons. The van der Waals surface area contributed by atoms with Crippen LogP contribution in [0, 0.1) is 11.3 Å². The number of aliphatic hydroxyl groups excluding tert-OH is 1. The third kappa shape index (κ3) is 2.98. The standard InChI is InChI=1S/C18H27NO2/c1-11(17(2,3)4)9-15(20)12-7-8-14-13(10-12)18(5,6)16(21)19-14/h7-8,10-11,15,20H,9H2,1-6H3,(H,19,21). The third-order valence-electron chi connectivity index (χ3n) is 4.97. The molecule has 1 aromatic rings. The second kappa shape index (κ2) is 5.13. The van der Waals surface area contributed by atoms with Gasteiger partial charge in [-0.15, -0.1) is 0 Å². The van der Waals surface area contributed by atoms with E-state index in [-0.39, 0.29) is 11.3 Å². The van der Waals surface area contributed by atoms with Crippen molar-refractivity contribution in [1.29, 1.82) is 0 Å². The first-order chi connectivity index (χ1) is 9.53. The van der Waals surface area contributed by atoms with Crippen molar-refractivity contribution in [2.24, 2.45) is 11.3 Å². The van der Waals surface area contributed by atoms with Crippen LogP contribution in [0.5, 0.6) is 0 Å². The number of benzene rings is 1. The zero-order chi connectivity index (χ0) is 16.0. The van der Waals surface area contributed by atoms with E-state index in [1.165, 1.54) is 0 Å². The molecule has 0 bridgehead atoms. The topological polar surface area (TPSA) is 49.3 Å². The van der Waals surface area contributed by atoms with Crippen molar-refractivity contribution in [3.8, 4) is 0 Å². The van der Waals surface area contributed by atoms with Gasteiger partial charge in [0, 0.05) is 5.69 Å². The number of amides is 1. The highest BCUT2D eigenvalue weighted by atomic mass is 16.3. The molecule has 2 unspecified atom stereocenters. The van der Waals surface area contributed by atoms with Gasteiger partial charge in [-0.05, 0) is 48.8 Å². The minimum Gasteiger partial charge on any atom is -0.388 e. The Morgan fingerprint density at radius 3 is 2.48 bits per heavy atom. The lowest BCUT2D eigenvalue weighted by Gasteiger charge is -2.29. The van der Waals surface area contributed by atoms with E-state index in [4.69, 9.17) is 0 Å². The Morgan fingerprint density at radius 1 is 1.29 bits per heavy atom. The molecule has 0 fully saturated rings. The van der Waals surface area contributed by atoms with Crippen molar-refractivity contribution < 1.29 is 9.90 Å². The van der Waals surface area contributed by atoms with Gasteiger partial charge in [-0.3, -0.25) is 4.79 Å². The number of nitrogens with one attached hydrogen (secondary N) is 1. The van der Waals surface area contributed by atoms with E-state index in [0.717, 1.165) is 23.2 Å². The minimum atomic E-state index is -0.527. The quantitative estimate of drug-likeness (QED) is 0.883. The number of carbonyl (C=O) groups is 1. The molecule has 1 amide bonds. The maximum Gasteiger partial charge on any atom is 0.234 e. The molecule has 1 heterocycles. The lowest BCUT2D eigenvalue weighted by atomic mass is 9.77. The highest BCUT2D eigenvalue weighted by molar-refractivity contribution is 6.05. The Kier molecular flexibility index (Phi) is 3.92. The maximum atomic E-state index is 12.0. The molecule has 0 aliphatic carbocycles. The summed E-state index contributed by atoms with van der Waals surface area (Å²) in [5.74, 6) is 0.431. The summed E-state index contributed by atoms with van der Waals surface area (Å²) in [5, 5.41) is 13.4. The van der Waals surface area contributed by atoms with Gasteiger partial charge in [0.15, 0.2) is 0 Å². The number of rotatable bonds is 3. The van der Waals surface area contributed by atoms with Crippen LogP contribution in [0.1, 0.15) is 65.2 Å². The first-order valence-corrected chi connectivity index (χ1v) is 7.67. The number of aliphatic hydroxyl groups is 1. The zero-order valence-corrected chi connectivity index (χ0v) is 13.9. The largest absolute Gasteiger partial charge is 0.388 e. The van der Waals surface area contributed by atoms with Crippen LogP contribution in [0.25, 0.3) is 0 Å². The van der Waals surface area contributed by atoms with Crippen LogP contribution in [-0.4, -0.2) is 11.0 Å². The minimum absolute atomic E-state index is 0.0206. The molecule has 3 heteroatoms. The molecule has 2 atom stereocenters. The normalized spacial score (nSPS) is 19.9. The second-order valence-corrected chi connectivity index (χ2v) is 7.90. The molecule has 0 radical (unpaired) electrons. The van der Waals surface area contributed by atoms with Gasteiger partial charge in [-0.2, -0.15) is 0 Å². The fourth-order valence-electron chi connectivity index (χ4n) is 2.62. The van der Waals surface area contributed by atoms with Crippen LogP contribution in [0.15, 0.2) is 18.2 Å². The van der Waals surface area contributed by atoms with Crippen molar-refractivity contribution in [3.63, 3.8) is 0 Å². The van der Waals surface area contributed by atoms with Crippen molar-refractivity contribution >= 4 is 11.6 Å². The lowest BCUT2D eigenvalue weighted by molar-refractivity contribution is -0.119. The first-order valence-electron chi connectivity index (χ1n) is 7.67. The Morgan fingerprint density at radius 2 is 1.90 bits per heavy atom. The van der Waals surface area contributed by atoms with E-state index in [2.05, 4.69) is 33.0 Å². The Labute approximate surface area is 127 Å². The van der Waals surface area contributed by atoms with Crippen molar-refractivity contribution in [3.05, 3.63) is 29.3 Å². The maximum absolute atomic E-state index is 12.0. The van der Waals surface area contributed by atoms with Crippen molar-refractivity contribution in [2.45, 2.75) is 59.5 Å². The molecule has 0 spiro atoms. The highest BCUT2D eigenvalue weighted by Crippen LogP contribution is 2.40. The van der Waals surface area contributed by atoms with Gasteiger partial charge in [0.25, 0.3) is 0 Å². The Bertz CT molecular complexity index is 555. The summed E-state index contributed by atoms with van der Waals surface area (Å²) < 4.78 is 0. The van der Waals surface area contributed by atoms with Crippen LogP contribution in [0.3, 0.4) is 0 Å². The van der Waals surface area contributed by atoms with Crippen LogP contribution in [0.4, 0.5) is 5.69 Å². The van der Waals surface area contributed by atoms with Gasteiger partial charge in [0.1, 0.15) is 0 Å². The zero-order valence-electron chi connectivity index (χ0n) is 13.9. The van der Waals surface area contributed by atoms with E-state index < -0.39 is 11.5 Å². The van der Waals surface area contributed by atoms with Crippen molar-refractivity contribution in [2.75, 3.05) is 5.32 Å². The molecule has 0 saturated heterocycles. The number of fused-ring (bicyclic) bond motifs is 1. The summed E-state index contributed by atoms with van der Waals surface area (Å²) in [6, 6.07) is 5.80. The predicted molar refractivity (Wildman–Crippen MR) is 86.3 cm³/mol. The number of anilines is 1. The van der Waals surface area contributed by atoms with Gasteiger partial charge in [0.2, 0.25) is 5.91 Å². The SMILES string of the molecule is CC(CC(O)c1ccc2c(c1)C(C)(C)C(=O)N2)C(C)(C)C. The second-order valence-electron chi connectivity index (χ2n) is 7.90. The molecule has 2 rings (SSSR count). The summed E-state index contributed by atoms with van der Waals surface area (Å²) in [4.78, 5) is 12.0. The number of hydrogen-bond donors (Lipinski definition) is 2. The summed E-state index contributed by atoms with van der Waals surface area (Å²) in [6.45, 7) is 12.6. The van der Waals surface area contributed by atoms with Gasteiger partial charge in [-0.25, -0.2) is 0 Å². The van der Waals surface area contributed by atoms with E-state index in [9.17, 15) is 9.90 Å². The molecule has 3 nitrogen and oxygen atoms in total. The summed E-state index contributed by atoms with van der Waals surface area (Å²) in [5.41, 5.74) is 2.39. The highest BCUT2D eigenvalue weighted by Gasteiger charge is 2.38. The summed E-state index contributed by atoms with van der Waals surface area (Å²) >= 11 is 0. The molecule has 1 aromatic carbocycles. The Hall–Kier alpha value is -1.35. The molecular formula is C18H27NO2. The predicted octanol–water partition coefficient (Wildman–Crippen LogP) is 4.02. The first kappa shape index (κ1) is 16.0. The molecule has 1 aliphatic heterocycles. The monoisotopic (exact) mass is 289 g/mol. The number of carbonyl (C=O) groups excluding carboxylic acids is 1. The molecular weight excluding hydrogens is 262 g/mol. The molecule has 1 aliphatic rings. The fourth-order valence-corrected chi connectivity index (χ4v) is 2.62.